The fourth-order valence-electron chi connectivity index (χ4n) is 2.34. The van der Waals surface area contributed by atoms with Gasteiger partial charge in [0.2, 0.25) is 15.9 Å². The van der Waals surface area contributed by atoms with Crippen LogP contribution in [0.5, 0.6) is 0 Å². The molecule has 2 aromatic rings. The number of benzene rings is 2. The third-order valence-electron chi connectivity index (χ3n) is 3.49. The van der Waals surface area contributed by atoms with E-state index >= 15 is 0 Å². The van der Waals surface area contributed by atoms with Crippen molar-refractivity contribution in [2.45, 2.75) is 31.3 Å². The first kappa shape index (κ1) is 20.7. The zero-order valence-corrected chi connectivity index (χ0v) is 16.8. The number of amides is 1. The molecule has 0 unspecified atom stereocenters. The lowest BCUT2D eigenvalue weighted by molar-refractivity contribution is -0.121. The molecular weight excluding hydrogens is 395 g/mol. The molecule has 0 aromatic heterocycles. The molecule has 0 saturated carbocycles. The molecule has 0 bridgehead atoms. The first-order valence-corrected chi connectivity index (χ1v) is 10.2. The molecular formula is C18H20Cl2N2O3S. The van der Waals surface area contributed by atoms with Gasteiger partial charge in [-0.15, -0.1) is 0 Å². The summed E-state index contributed by atoms with van der Waals surface area (Å²) >= 11 is 11.9. The van der Waals surface area contributed by atoms with Crippen LogP contribution in [0.2, 0.25) is 10.0 Å². The highest BCUT2D eigenvalue weighted by Gasteiger charge is 2.27. The van der Waals surface area contributed by atoms with E-state index in [4.69, 9.17) is 23.2 Å². The predicted molar refractivity (Wildman–Crippen MR) is 104 cm³/mol. The second kappa shape index (κ2) is 8.86. The summed E-state index contributed by atoms with van der Waals surface area (Å²) in [6, 6.07) is 12.8. The number of nitrogens with zero attached hydrogens (tertiary/aromatic N) is 1. The predicted octanol–water partition coefficient (Wildman–Crippen LogP) is 3.71. The van der Waals surface area contributed by atoms with Crippen molar-refractivity contribution < 1.29 is 13.2 Å². The van der Waals surface area contributed by atoms with Gasteiger partial charge >= 0.3 is 0 Å². The number of halogens is 2. The normalized spacial score (nSPS) is 11.8. The molecule has 0 fully saturated rings. The molecule has 0 spiro atoms. The Balaban J connectivity index is 2.35. The van der Waals surface area contributed by atoms with Gasteiger partial charge in [0.1, 0.15) is 0 Å². The molecule has 26 heavy (non-hydrogen) atoms. The lowest BCUT2D eigenvalue weighted by Crippen LogP contribution is -2.42. The van der Waals surface area contributed by atoms with Gasteiger partial charge in [-0.3, -0.25) is 4.79 Å². The Labute approximate surface area is 164 Å². The van der Waals surface area contributed by atoms with E-state index < -0.39 is 10.0 Å². The first-order valence-electron chi connectivity index (χ1n) is 7.98. The number of carbonyl (C=O) groups excluding carboxylic acids is 1. The van der Waals surface area contributed by atoms with E-state index in [1.54, 1.807) is 36.4 Å². The fraction of sp³-hybridized carbons (Fsp3) is 0.278. The Kier molecular flexibility index (Phi) is 7.06. The van der Waals surface area contributed by atoms with Crippen molar-refractivity contribution in [1.29, 1.82) is 0 Å². The summed E-state index contributed by atoms with van der Waals surface area (Å²) in [6.07, 6.45) is 0. The molecule has 0 heterocycles. The van der Waals surface area contributed by atoms with Crippen LogP contribution in [0.25, 0.3) is 0 Å². The maximum absolute atomic E-state index is 13.0. The van der Waals surface area contributed by atoms with Crippen LogP contribution in [0.1, 0.15) is 19.4 Å². The monoisotopic (exact) mass is 414 g/mol. The van der Waals surface area contributed by atoms with Gasteiger partial charge in [-0.2, -0.15) is 4.31 Å². The minimum absolute atomic E-state index is 0.000365. The average molecular weight is 415 g/mol. The van der Waals surface area contributed by atoms with Crippen LogP contribution in [-0.2, 0) is 21.4 Å². The van der Waals surface area contributed by atoms with Gasteiger partial charge in [-0.25, -0.2) is 8.42 Å². The van der Waals surface area contributed by atoms with Crippen molar-refractivity contribution in [1.82, 2.24) is 9.62 Å². The van der Waals surface area contributed by atoms with E-state index in [1.165, 1.54) is 12.1 Å². The summed E-state index contributed by atoms with van der Waals surface area (Å²) in [5, 5.41) is 3.42. The molecule has 5 nitrogen and oxygen atoms in total. The van der Waals surface area contributed by atoms with Crippen molar-refractivity contribution in [3.8, 4) is 0 Å². The Morgan fingerprint density at radius 1 is 1.08 bits per heavy atom. The van der Waals surface area contributed by atoms with E-state index in [1.807, 2.05) is 13.8 Å². The molecule has 0 aliphatic rings. The number of hydrogen-bond donors (Lipinski definition) is 1. The van der Waals surface area contributed by atoms with Crippen LogP contribution in [0, 0.1) is 0 Å². The van der Waals surface area contributed by atoms with Crippen LogP contribution in [0.4, 0.5) is 0 Å². The summed E-state index contributed by atoms with van der Waals surface area (Å²) < 4.78 is 27.1. The number of carbonyl (C=O) groups is 1. The standard InChI is InChI=1S/C18H20Cl2N2O3S/c1-13(2)21-18(23)12-22(11-14-8-9-16(19)17(20)10-14)26(24,25)15-6-4-3-5-7-15/h3-10,13H,11-12H2,1-2H3,(H,21,23). The largest absolute Gasteiger partial charge is 0.353 e. The molecule has 8 heteroatoms. The van der Waals surface area contributed by atoms with Crippen LogP contribution >= 0.6 is 23.2 Å². The minimum Gasteiger partial charge on any atom is -0.353 e. The number of hydrogen-bond acceptors (Lipinski definition) is 3. The third-order valence-corrected chi connectivity index (χ3v) is 6.04. The van der Waals surface area contributed by atoms with Gasteiger partial charge in [-0.05, 0) is 43.7 Å². The summed E-state index contributed by atoms with van der Waals surface area (Å²) in [5.74, 6) is -0.375. The Morgan fingerprint density at radius 3 is 2.31 bits per heavy atom. The highest BCUT2D eigenvalue weighted by Crippen LogP contribution is 2.25. The smallest absolute Gasteiger partial charge is 0.243 e. The Hall–Kier alpha value is -1.60. The maximum atomic E-state index is 13.0. The molecule has 1 N–H and O–H groups in total. The van der Waals surface area contributed by atoms with Crippen molar-refractivity contribution in [2.75, 3.05) is 6.54 Å². The minimum atomic E-state index is -3.86. The van der Waals surface area contributed by atoms with Gasteiger partial charge in [0.15, 0.2) is 0 Å². The van der Waals surface area contributed by atoms with Gasteiger partial charge < -0.3 is 5.32 Å². The van der Waals surface area contributed by atoms with Crippen LogP contribution in [0.15, 0.2) is 53.4 Å². The summed E-state index contributed by atoms with van der Waals surface area (Å²) in [6.45, 7) is 3.33. The second-order valence-corrected chi connectivity index (χ2v) is 8.81. The lowest BCUT2D eigenvalue weighted by Gasteiger charge is -2.22. The average Bonchev–Trinajstić information content (AvgIpc) is 2.57. The molecule has 0 radical (unpaired) electrons. The topological polar surface area (TPSA) is 66.5 Å². The van der Waals surface area contributed by atoms with E-state index in [2.05, 4.69) is 5.32 Å². The zero-order chi connectivity index (χ0) is 19.3. The molecule has 0 aliphatic carbocycles. The van der Waals surface area contributed by atoms with Gasteiger partial charge in [-0.1, -0.05) is 47.5 Å². The van der Waals surface area contributed by atoms with E-state index in [-0.39, 0.29) is 29.9 Å². The third kappa shape index (κ3) is 5.45. The van der Waals surface area contributed by atoms with Crippen LogP contribution < -0.4 is 5.32 Å². The Bertz CT molecular complexity index is 871. The van der Waals surface area contributed by atoms with Crippen molar-refractivity contribution in [3.63, 3.8) is 0 Å². The molecule has 140 valence electrons. The molecule has 0 aliphatic heterocycles. The van der Waals surface area contributed by atoms with E-state index in [0.717, 1.165) is 4.31 Å². The molecule has 1 amide bonds. The lowest BCUT2D eigenvalue weighted by atomic mass is 10.2. The maximum Gasteiger partial charge on any atom is 0.243 e. The van der Waals surface area contributed by atoms with Crippen LogP contribution in [-0.4, -0.2) is 31.2 Å². The second-order valence-electron chi connectivity index (χ2n) is 6.06. The molecule has 0 saturated heterocycles. The van der Waals surface area contributed by atoms with Gasteiger partial charge in [0.05, 0.1) is 21.5 Å². The first-order chi connectivity index (χ1) is 12.2. The Morgan fingerprint density at radius 2 is 1.73 bits per heavy atom. The molecule has 0 atom stereocenters. The molecule has 2 rings (SSSR count). The molecule has 2 aromatic carbocycles. The summed E-state index contributed by atoms with van der Waals surface area (Å²) in [5.41, 5.74) is 0.635. The number of rotatable bonds is 7. The van der Waals surface area contributed by atoms with Crippen molar-refractivity contribution in [3.05, 3.63) is 64.1 Å². The van der Waals surface area contributed by atoms with E-state index in [0.29, 0.717) is 15.6 Å². The van der Waals surface area contributed by atoms with Crippen LogP contribution in [0.3, 0.4) is 0 Å². The quantitative estimate of drug-likeness (QED) is 0.750. The van der Waals surface area contributed by atoms with Gasteiger partial charge in [0, 0.05) is 12.6 Å². The number of nitrogens with one attached hydrogen (secondary N) is 1. The summed E-state index contributed by atoms with van der Waals surface area (Å²) in [4.78, 5) is 12.3. The summed E-state index contributed by atoms with van der Waals surface area (Å²) in [7, 11) is -3.86. The van der Waals surface area contributed by atoms with Crippen molar-refractivity contribution in [2.24, 2.45) is 0 Å². The zero-order valence-electron chi connectivity index (χ0n) is 14.4. The fourth-order valence-corrected chi connectivity index (χ4v) is 4.06. The highest BCUT2D eigenvalue weighted by molar-refractivity contribution is 7.89. The van der Waals surface area contributed by atoms with Crippen molar-refractivity contribution >= 4 is 39.1 Å². The SMILES string of the molecule is CC(C)NC(=O)CN(Cc1ccc(Cl)c(Cl)c1)S(=O)(=O)c1ccccc1. The highest BCUT2D eigenvalue weighted by atomic mass is 35.5. The number of sulfonamides is 1. The van der Waals surface area contributed by atoms with E-state index in [9.17, 15) is 13.2 Å². The van der Waals surface area contributed by atoms with Gasteiger partial charge in [0.25, 0.3) is 0 Å².